The highest BCUT2D eigenvalue weighted by Crippen LogP contribution is 2.58. The van der Waals surface area contributed by atoms with Gasteiger partial charge in [0, 0.05) is 60.0 Å². The number of hydrogen-bond acceptors (Lipinski definition) is 6. The third kappa shape index (κ3) is 4.00. The number of thioether (sulfide) groups is 1. The normalized spacial score (nSPS) is 22.5. The fourth-order valence-electron chi connectivity index (χ4n) is 6.90. The van der Waals surface area contributed by atoms with E-state index in [0.717, 1.165) is 53.8 Å². The molecule has 4 aromatic carbocycles. The predicted octanol–water partition coefficient (Wildman–Crippen LogP) is 6.34. The highest BCUT2D eigenvalue weighted by molar-refractivity contribution is 8.03. The molecule has 8 heteroatoms. The van der Waals surface area contributed by atoms with Gasteiger partial charge in [0.15, 0.2) is 0 Å². The molecule has 0 saturated carbocycles. The fourth-order valence-corrected chi connectivity index (χ4v) is 8.43. The second-order valence-electron chi connectivity index (χ2n) is 11.7. The summed E-state index contributed by atoms with van der Waals surface area (Å²) >= 11 is 1.44. The van der Waals surface area contributed by atoms with E-state index in [9.17, 15) is 9.59 Å². The average molecular weight is 589 g/mol. The summed E-state index contributed by atoms with van der Waals surface area (Å²) in [6, 6.07) is 30.4. The molecule has 2 saturated heterocycles. The van der Waals surface area contributed by atoms with Crippen molar-refractivity contribution >= 4 is 62.6 Å². The first kappa shape index (κ1) is 26.4. The maximum atomic E-state index is 14.7. The summed E-state index contributed by atoms with van der Waals surface area (Å²) in [6.45, 7) is 8.00. The molecule has 4 heterocycles. The van der Waals surface area contributed by atoms with Gasteiger partial charge in [0.1, 0.15) is 11.2 Å². The molecule has 0 bridgehead atoms. The summed E-state index contributed by atoms with van der Waals surface area (Å²) in [5.41, 5.74) is 6.41. The molecule has 3 aliphatic rings. The summed E-state index contributed by atoms with van der Waals surface area (Å²) in [6.07, 6.45) is 0. The zero-order valence-corrected chi connectivity index (χ0v) is 25.0. The zero-order valence-electron chi connectivity index (χ0n) is 24.2. The van der Waals surface area contributed by atoms with Crippen molar-refractivity contribution in [1.29, 1.82) is 0 Å². The lowest BCUT2D eigenvalue weighted by Gasteiger charge is -2.38. The Labute approximate surface area is 254 Å². The Hall–Kier alpha value is -4.27. The van der Waals surface area contributed by atoms with E-state index in [2.05, 4.69) is 41.0 Å². The molecule has 2 fully saturated rings. The summed E-state index contributed by atoms with van der Waals surface area (Å²) < 4.78 is 6.18. The number of nitrogens with zero attached hydrogens (tertiary/aromatic N) is 4. The molecular weight excluding hydrogens is 556 g/mol. The standard InChI is InChI=1S/C35H32N4O3S/c1-23-8-7-9-25(20-23)37-18-16-36(17-19-37)22-38-30-12-5-4-11-29(30)35(34(38)41)39(33(40)24(2)43-35)26-14-15-28-27-10-3-6-13-31(27)42-32(28)21-26/h3-15,20-21,24H,16-19,22H2,1-2H3/t24-,35+/m0/s1. The second kappa shape index (κ2) is 9.89. The minimum absolute atomic E-state index is 0.0674. The molecule has 3 aliphatic heterocycles. The highest BCUT2D eigenvalue weighted by Gasteiger charge is 2.63. The van der Waals surface area contributed by atoms with E-state index in [4.69, 9.17) is 4.42 Å². The maximum absolute atomic E-state index is 14.7. The SMILES string of the molecule is Cc1cccc(N2CCN(CN3C(=O)[C@]4(S[C@@H](C)C(=O)N4c4ccc5c(c4)oc4ccccc45)c4ccccc43)CC2)c1. The molecule has 1 aromatic heterocycles. The van der Waals surface area contributed by atoms with Crippen LogP contribution in [0.1, 0.15) is 18.1 Å². The molecule has 0 radical (unpaired) electrons. The van der Waals surface area contributed by atoms with E-state index in [1.165, 1.54) is 23.0 Å². The summed E-state index contributed by atoms with van der Waals surface area (Å²) in [5.74, 6) is -0.139. The topological polar surface area (TPSA) is 60.2 Å². The molecule has 0 N–H and O–H groups in total. The van der Waals surface area contributed by atoms with E-state index in [0.29, 0.717) is 17.9 Å². The van der Waals surface area contributed by atoms with Crippen molar-refractivity contribution in [2.75, 3.05) is 47.5 Å². The van der Waals surface area contributed by atoms with Crippen molar-refractivity contribution < 1.29 is 14.0 Å². The van der Waals surface area contributed by atoms with Gasteiger partial charge in [-0.2, -0.15) is 0 Å². The van der Waals surface area contributed by atoms with Crippen LogP contribution in [0, 0.1) is 6.92 Å². The first-order valence-electron chi connectivity index (χ1n) is 14.8. The summed E-state index contributed by atoms with van der Waals surface area (Å²) in [5, 5.41) is 1.65. The summed E-state index contributed by atoms with van der Waals surface area (Å²) in [7, 11) is 0. The number of anilines is 3. The van der Waals surface area contributed by atoms with Gasteiger partial charge in [-0.3, -0.25) is 24.3 Å². The van der Waals surface area contributed by atoms with Gasteiger partial charge in [0.05, 0.1) is 17.6 Å². The quantitative estimate of drug-likeness (QED) is 0.244. The van der Waals surface area contributed by atoms with Crippen LogP contribution in [0.4, 0.5) is 17.1 Å². The van der Waals surface area contributed by atoms with E-state index >= 15 is 0 Å². The van der Waals surface area contributed by atoms with Gasteiger partial charge in [0.2, 0.25) is 10.8 Å². The first-order chi connectivity index (χ1) is 20.9. The first-order valence-corrected chi connectivity index (χ1v) is 15.7. The van der Waals surface area contributed by atoms with E-state index < -0.39 is 4.87 Å². The Kier molecular flexibility index (Phi) is 6.07. The lowest BCUT2D eigenvalue weighted by Crippen LogP contribution is -2.54. The largest absolute Gasteiger partial charge is 0.456 e. The molecule has 5 aromatic rings. The summed E-state index contributed by atoms with van der Waals surface area (Å²) in [4.78, 5) is 35.8. The van der Waals surface area contributed by atoms with Gasteiger partial charge in [-0.05, 0) is 55.8 Å². The lowest BCUT2D eigenvalue weighted by atomic mass is 10.0. The van der Waals surface area contributed by atoms with Gasteiger partial charge in [-0.25, -0.2) is 0 Å². The van der Waals surface area contributed by atoms with Crippen molar-refractivity contribution in [3.8, 4) is 0 Å². The molecule has 2 atom stereocenters. The molecule has 0 aliphatic carbocycles. The van der Waals surface area contributed by atoms with Gasteiger partial charge < -0.3 is 9.32 Å². The van der Waals surface area contributed by atoms with Gasteiger partial charge in [0.25, 0.3) is 5.91 Å². The van der Waals surface area contributed by atoms with Crippen molar-refractivity contribution in [2.24, 2.45) is 0 Å². The molecule has 216 valence electrons. The molecule has 1 spiro atoms. The van der Waals surface area contributed by atoms with E-state index in [-0.39, 0.29) is 17.1 Å². The Morgan fingerprint density at radius 2 is 1.58 bits per heavy atom. The number of amides is 2. The van der Waals surface area contributed by atoms with Crippen LogP contribution in [-0.2, 0) is 14.5 Å². The van der Waals surface area contributed by atoms with Crippen molar-refractivity contribution in [2.45, 2.75) is 24.0 Å². The van der Waals surface area contributed by atoms with Crippen LogP contribution < -0.4 is 14.7 Å². The van der Waals surface area contributed by atoms with Crippen LogP contribution in [0.5, 0.6) is 0 Å². The molecular formula is C35H32N4O3S. The lowest BCUT2D eigenvalue weighted by molar-refractivity contribution is -0.124. The average Bonchev–Trinajstić information content (AvgIpc) is 3.61. The van der Waals surface area contributed by atoms with E-state index in [1.807, 2.05) is 78.6 Å². The molecule has 43 heavy (non-hydrogen) atoms. The number of hydrogen-bond donors (Lipinski definition) is 0. The van der Waals surface area contributed by atoms with Crippen LogP contribution in [0.25, 0.3) is 21.9 Å². The minimum Gasteiger partial charge on any atom is -0.456 e. The monoisotopic (exact) mass is 588 g/mol. The highest BCUT2D eigenvalue weighted by atomic mass is 32.2. The van der Waals surface area contributed by atoms with Gasteiger partial charge in [-0.1, -0.05) is 48.5 Å². The van der Waals surface area contributed by atoms with Crippen LogP contribution in [0.3, 0.4) is 0 Å². The number of furan rings is 1. The fraction of sp³-hybridized carbons (Fsp3) is 0.257. The Balaban J connectivity index is 1.13. The molecule has 8 rings (SSSR count). The third-order valence-electron chi connectivity index (χ3n) is 9.03. The number of aryl methyl sites for hydroxylation is 1. The Morgan fingerprint density at radius 1 is 0.814 bits per heavy atom. The number of rotatable bonds is 4. The van der Waals surface area contributed by atoms with E-state index in [1.54, 1.807) is 4.90 Å². The Morgan fingerprint density at radius 3 is 2.42 bits per heavy atom. The smallest absolute Gasteiger partial charge is 0.269 e. The number of carbonyl (C=O) groups is 2. The van der Waals surface area contributed by atoms with Crippen molar-refractivity contribution in [3.63, 3.8) is 0 Å². The second-order valence-corrected chi connectivity index (χ2v) is 13.2. The van der Waals surface area contributed by atoms with Crippen LogP contribution in [0.2, 0.25) is 0 Å². The number of carbonyl (C=O) groups excluding carboxylic acids is 2. The number of para-hydroxylation sites is 2. The minimum atomic E-state index is -1.17. The van der Waals surface area contributed by atoms with Gasteiger partial charge >= 0.3 is 0 Å². The van der Waals surface area contributed by atoms with Crippen LogP contribution in [-0.4, -0.2) is 54.8 Å². The van der Waals surface area contributed by atoms with Crippen LogP contribution >= 0.6 is 11.8 Å². The predicted molar refractivity (Wildman–Crippen MR) is 174 cm³/mol. The number of fused-ring (bicyclic) bond motifs is 5. The van der Waals surface area contributed by atoms with Crippen molar-refractivity contribution in [1.82, 2.24) is 4.90 Å². The molecule has 7 nitrogen and oxygen atoms in total. The molecule has 2 amide bonds. The van der Waals surface area contributed by atoms with Crippen LogP contribution in [0.15, 0.2) is 95.4 Å². The number of piperazine rings is 1. The van der Waals surface area contributed by atoms with Crippen molar-refractivity contribution in [3.05, 3.63) is 102 Å². The maximum Gasteiger partial charge on any atom is 0.269 e. The molecule has 0 unspecified atom stereocenters. The number of benzene rings is 4. The zero-order chi connectivity index (χ0) is 29.3. The third-order valence-corrected chi connectivity index (χ3v) is 10.5. The van der Waals surface area contributed by atoms with Gasteiger partial charge in [-0.15, -0.1) is 11.8 Å². The Bertz CT molecular complexity index is 1910.